The summed E-state index contributed by atoms with van der Waals surface area (Å²) >= 11 is 2.00. The van der Waals surface area contributed by atoms with E-state index in [1.54, 1.807) is 0 Å². The van der Waals surface area contributed by atoms with E-state index in [2.05, 4.69) is 147 Å². The molecule has 0 spiro atoms. The van der Waals surface area contributed by atoms with Gasteiger partial charge >= 0.3 is 19.8 Å². The zero-order valence-corrected chi connectivity index (χ0v) is 35.8. The fraction of sp³-hybridized carbons (Fsp3) is 0.0909. The van der Waals surface area contributed by atoms with Gasteiger partial charge in [-0.05, 0) is 68.8 Å². The quantitative estimate of drug-likeness (QED) is 0.130. The molecule has 2 aliphatic heterocycles. The summed E-state index contributed by atoms with van der Waals surface area (Å²) in [5, 5.41) is 0. The Hall–Kier alpha value is -5.32. The summed E-state index contributed by atoms with van der Waals surface area (Å²) in [6.07, 6.45) is 24.9. The Labute approximate surface area is 369 Å². The van der Waals surface area contributed by atoms with Crippen molar-refractivity contribution in [2.24, 2.45) is 28.2 Å². The zero-order valence-electron chi connectivity index (χ0n) is 31.7. The molecule has 0 saturated carbocycles. The third-order valence-electron chi connectivity index (χ3n) is 9.68. The van der Waals surface area contributed by atoms with Gasteiger partial charge in [0.25, 0.3) is 0 Å². The molecule has 0 radical (unpaired) electrons. The Balaban J connectivity index is 0.00000122. The second-order valence-electron chi connectivity index (χ2n) is 13.4. The molecular formula is C44H36Cl4FeN8O-2. The van der Waals surface area contributed by atoms with Gasteiger partial charge in [-0.3, -0.25) is 0 Å². The number of fused-ring (bicyclic) bond motifs is 8. The van der Waals surface area contributed by atoms with Crippen molar-refractivity contribution in [2.75, 3.05) is 0 Å². The van der Waals surface area contributed by atoms with Gasteiger partial charge in [0.1, 0.15) is 28.2 Å². The van der Waals surface area contributed by atoms with Crippen LogP contribution in [0.4, 0.5) is 0 Å². The molecule has 9 nitrogen and oxygen atoms in total. The molecule has 0 unspecified atom stereocenters. The van der Waals surface area contributed by atoms with Gasteiger partial charge in [0.2, 0.25) is 0 Å². The van der Waals surface area contributed by atoms with E-state index in [-0.39, 0.29) is 49.6 Å². The van der Waals surface area contributed by atoms with Crippen LogP contribution in [-0.2, 0) is 48.0 Å². The molecule has 296 valence electrons. The summed E-state index contributed by atoms with van der Waals surface area (Å²) in [4.78, 5) is 21.4. The van der Waals surface area contributed by atoms with E-state index >= 15 is 0 Å². The molecular weight excluding hydrogens is 854 g/mol. The molecule has 0 N–H and O–H groups in total. The first-order valence-corrected chi connectivity index (χ1v) is 17.9. The van der Waals surface area contributed by atoms with Gasteiger partial charge in [-0.2, -0.15) is 0 Å². The van der Waals surface area contributed by atoms with E-state index in [1.807, 2.05) is 62.4 Å². The van der Waals surface area contributed by atoms with Gasteiger partial charge in [0.05, 0.1) is 22.8 Å². The molecule has 14 heteroatoms. The summed E-state index contributed by atoms with van der Waals surface area (Å²) < 4.78 is 16.1. The molecule has 58 heavy (non-hydrogen) atoms. The molecule has 0 atom stereocenters. The third kappa shape index (κ3) is 8.88. The van der Waals surface area contributed by atoms with Crippen LogP contribution in [0.15, 0.2) is 122 Å². The van der Waals surface area contributed by atoms with Gasteiger partial charge in [0.15, 0.2) is 49.6 Å². The van der Waals surface area contributed by atoms with Crippen LogP contribution in [0.25, 0.3) is 90.9 Å². The second-order valence-corrected chi connectivity index (χ2v) is 13.4. The Kier molecular flexibility index (Phi) is 15.2. The average Bonchev–Trinajstić information content (AvgIpc) is 4.03. The molecule has 0 aliphatic carbocycles. The predicted octanol–water partition coefficient (Wildman–Crippen LogP) is -6.23. The molecule has 0 aromatic carbocycles. The van der Waals surface area contributed by atoms with Crippen LogP contribution in [0.3, 0.4) is 0 Å². The summed E-state index contributed by atoms with van der Waals surface area (Å²) in [7, 11) is 8.10. The molecule has 9 heterocycles. The summed E-state index contributed by atoms with van der Waals surface area (Å²) in [6.45, 7) is 0. The van der Waals surface area contributed by atoms with E-state index < -0.39 is 0 Å². The first-order valence-electron chi connectivity index (χ1n) is 17.4. The van der Waals surface area contributed by atoms with Crippen molar-refractivity contribution < 1.29 is 87.7 Å². The van der Waals surface area contributed by atoms with Gasteiger partial charge in [-0.15, -0.1) is 22.1 Å². The van der Waals surface area contributed by atoms with Crippen molar-refractivity contribution in [1.29, 1.82) is 0 Å². The number of aromatic nitrogens is 8. The minimum absolute atomic E-state index is 0. The van der Waals surface area contributed by atoms with Crippen molar-refractivity contribution in [3.8, 4) is 44.5 Å². The number of hydrogen-bond donors (Lipinski definition) is 0. The molecule has 7 aromatic rings. The van der Waals surface area contributed by atoms with Crippen LogP contribution in [-0.4, -0.2) is 9.97 Å². The first-order chi connectivity index (χ1) is 26.4. The molecule has 0 saturated heterocycles. The van der Waals surface area contributed by atoms with Crippen molar-refractivity contribution in [3.05, 3.63) is 145 Å². The number of rotatable bonds is 4. The fourth-order valence-corrected chi connectivity index (χ4v) is 6.94. The molecule has 0 amide bonds. The fourth-order valence-electron chi connectivity index (χ4n) is 6.94. The van der Waals surface area contributed by atoms with Crippen LogP contribution in [0.2, 0.25) is 0 Å². The van der Waals surface area contributed by atoms with Gasteiger partial charge < -0.3 is 59.6 Å². The maximum atomic E-state index is 8.00. The van der Waals surface area contributed by atoms with E-state index in [0.717, 1.165) is 89.4 Å². The van der Waals surface area contributed by atoms with Crippen LogP contribution < -0.4 is 77.9 Å². The standard InChI is InChI=1S/C44H36N8.4ClH.Fe.O/c1-49-21-13-29(14-22-49)41-33-5-7-35(45-33)42(30-15-23-50(2)24-16-30)37-9-11-39(47-37)44(32-19-27-52(4)28-20-32)40-12-10-38(48-40)43(36-8-6-34(41)46-36)31-17-25-51(3)26-18-31;;;;;;/h5-28H,1-4H3;4*1H;;/q+2;;;;;;/p-4. The van der Waals surface area contributed by atoms with Crippen molar-refractivity contribution in [1.82, 2.24) is 19.9 Å². The Morgan fingerprint density at radius 1 is 0.362 bits per heavy atom. The van der Waals surface area contributed by atoms with Gasteiger partial charge in [0, 0.05) is 48.5 Å². The number of hydrogen-bond acceptors (Lipinski definition) is 3. The van der Waals surface area contributed by atoms with Crippen molar-refractivity contribution >= 4 is 46.4 Å². The normalized spacial score (nSPS) is 10.9. The Morgan fingerprint density at radius 3 is 0.741 bits per heavy atom. The SMILES string of the molecule is C[n+]1ccc(-c2c3nc(c(-c4cc[n+](C)cc4)c4ccc([n-]4)c(-c4cc[n+](C)cc4)c4nc(c(-c5cc[n+](C)cc5)c5ccc2[n-]5)C=C4)C=C3)cc1.[Cl-].[Cl-].[Cl-].[Cl-].[O]=[Fe]. The zero-order chi connectivity index (χ0) is 37.3. The Bertz CT molecular complexity index is 2410. The topological polar surface area (TPSA) is 86.6 Å². The van der Waals surface area contributed by atoms with Gasteiger partial charge in [-0.1, -0.05) is 24.3 Å². The molecule has 8 bridgehead atoms. The monoisotopic (exact) mass is 888 g/mol. The number of halogens is 4. The second kappa shape index (κ2) is 19.4. The van der Waals surface area contributed by atoms with E-state index in [0.29, 0.717) is 0 Å². The van der Waals surface area contributed by atoms with E-state index in [4.69, 9.17) is 23.8 Å². The number of aryl methyl sites for hydroxylation is 4. The van der Waals surface area contributed by atoms with Crippen LogP contribution in [0, 0.1) is 0 Å². The maximum absolute atomic E-state index is 8.00. The number of nitrogens with zero attached hydrogens (tertiary/aromatic N) is 8. The molecule has 7 aromatic heterocycles. The van der Waals surface area contributed by atoms with Crippen LogP contribution in [0.5, 0.6) is 0 Å². The summed E-state index contributed by atoms with van der Waals surface area (Å²) in [5.41, 5.74) is 14.7. The van der Waals surface area contributed by atoms with Crippen molar-refractivity contribution in [3.63, 3.8) is 0 Å². The minimum atomic E-state index is 0. The van der Waals surface area contributed by atoms with E-state index in [1.165, 1.54) is 0 Å². The molecule has 0 fully saturated rings. The summed E-state index contributed by atoms with van der Waals surface area (Å²) in [6, 6.07) is 25.4. The predicted molar refractivity (Wildman–Crippen MR) is 204 cm³/mol. The molecule has 9 rings (SSSR count). The molecule has 2 aliphatic rings. The van der Waals surface area contributed by atoms with Crippen molar-refractivity contribution in [2.45, 2.75) is 0 Å². The number of pyridine rings is 4. The van der Waals surface area contributed by atoms with E-state index in [9.17, 15) is 0 Å². The Morgan fingerprint density at radius 2 is 0.552 bits per heavy atom. The first kappa shape index (κ1) is 45.4. The van der Waals surface area contributed by atoms with Crippen LogP contribution in [0.1, 0.15) is 22.8 Å². The average molecular weight is 890 g/mol. The van der Waals surface area contributed by atoms with Crippen LogP contribution >= 0.6 is 0 Å². The third-order valence-corrected chi connectivity index (χ3v) is 9.68. The summed E-state index contributed by atoms with van der Waals surface area (Å²) in [5.74, 6) is 0. The van der Waals surface area contributed by atoms with Gasteiger partial charge in [-0.25, -0.2) is 28.2 Å².